The monoisotopic (exact) mass is 386 g/mol. The summed E-state index contributed by atoms with van der Waals surface area (Å²) in [5.41, 5.74) is 0.163. The Labute approximate surface area is 164 Å². The van der Waals surface area contributed by atoms with Crippen LogP contribution in [-0.2, 0) is 20.9 Å². The lowest BCUT2D eigenvalue weighted by Gasteiger charge is -2.23. The van der Waals surface area contributed by atoms with Gasteiger partial charge in [0.15, 0.2) is 0 Å². The molecule has 1 aliphatic carbocycles. The minimum atomic E-state index is -0.917. The Morgan fingerprint density at radius 1 is 1.14 bits per heavy atom. The van der Waals surface area contributed by atoms with Crippen LogP contribution in [0, 0.1) is 0 Å². The third-order valence-corrected chi connectivity index (χ3v) is 5.40. The molecule has 2 fully saturated rings. The minimum absolute atomic E-state index is 0.120. The van der Waals surface area contributed by atoms with Crippen molar-refractivity contribution in [3.63, 3.8) is 0 Å². The van der Waals surface area contributed by atoms with E-state index in [9.17, 15) is 19.2 Å². The third kappa shape index (κ3) is 4.16. The summed E-state index contributed by atoms with van der Waals surface area (Å²) in [5.74, 6) is -0.954. The standard InChI is InChI=1S/C20H26N4O4/c1-14(24-18(27)20(23-19(24)28)10-5-6-11-20)17(26)21-12-9-16(25)22-13-15-7-3-2-4-8-15/h2-4,7-8,14H,5-6,9-13H2,1H3,(H,21,26)(H,22,25)(H,23,28). The molecule has 1 aromatic carbocycles. The van der Waals surface area contributed by atoms with E-state index in [-0.39, 0.29) is 24.8 Å². The smallest absolute Gasteiger partial charge is 0.325 e. The molecule has 3 N–H and O–H groups in total. The van der Waals surface area contributed by atoms with Gasteiger partial charge in [-0.1, -0.05) is 43.2 Å². The van der Waals surface area contributed by atoms with Gasteiger partial charge in [0.25, 0.3) is 5.91 Å². The molecule has 1 aliphatic heterocycles. The molecule has 1 unspecified atom stereocenters. The highest BCUT2D eigenvalue weighted by Gasteiger charge is 2.54. The number of urea groups is 1. The number of benzene rings is 1. The van der Waals surface area contributed by atoms with Crippen molar-refractivity contribution in [3.8, 4) is 0 Å². The molecule has 0 bridgehead atoms. The number of amides is 5. The van der Waals surface area contributed by atoms with Gasteiger partial charge in [-0.25, -0.2) is 9.69 Å². The minimum Gasteiger partial charge on any atom is -0.354 e. The molecule has 150 valence electrons. The van der Waals surface area contributed by atoms with E-state index < -0.39 is 23.5 Å². The fourth-order valence-corrected chi connectivity index (χ4v) is 3.76. The Kier molecular flexibility index (Phi) is 5.96. The maximum Gasteiger partial charge on any atom is 0.325 e. The van der Waals surface area contributed by atoms with Gasteiger partial charge in [0.05, 0.1) is 0 Å². The molecular formula is C20H26N4O4. The van der Waals surface area contributed by atoms with Crippen molar-refractivity contribution in [3.05, 3.63) is 35.9 Å². The van der Waals surface area contributed by atoms with Crippen molar-refractivity contribution in [2.75, 3.05) is 6.54 Å². The molecule has 0 aromatic heterocycles. The molecule has 1 spiro atoms. The van der Waals surface area contributed by atoms with Gasteiger partial charge in [0.2, 0.25) is 11.8 Å². The van der Waals surface area contributed by atoms with Crippen molar-refractivity contribution in [2.24, 2.45) is 0 Å². The number of imide groups is 1. The second-order valence-electron chi connectivity index (χ2n) is 7.37. The van der Waals surface area contributed by atoms with Gasteiger partial charge >= 0.3 is 6.03 Å². The number of nitrogens with zero attached hydrogens (tertiary/aromatic N) is 1. The van der Waals surface area contributed by atoms with Gasteiger partial charge < -0.3 is 16.0 Å². The first-order valence-electron chi connectivity index (χ1n) is 9.67. The van der Waals surface area contributed by atoms with Crippen molar-refractivity contribution in [1.29, 1.82) is 0 Å². The lowest BCUT2D eigenvalue weighted by atomic mass is 9.97. The molecule has 28 heavy (non-hydrogen) atoms. The average Bonchev–Trinajstić information content (AvgIpc) is 3.25. The highest BCUT2D eigenvalue weighted by molar-refractivity contribution is 6.10. The van der Waals surface area contributed by atoms with Gasteiger partial charge in [-0.2, -0.15) is 0 Å². The molecule has 8 heteroatoms. The molecule has 0 radical (unpaired) electrons. The summed E-state index contributed by atoms with van der Waals surface area (Å²) in [6, 6.07) is 8.10. The van der Waals surface area contributed by atoms with E-state index in [1.54, 1.807) is 0 Å². The van der Waals surface area contributed by atoms with Crippen LogP contribution in [0.3, 0.4) is 0 Å². The highest BCUT2D eigenvalue weighted by atomic mass is 16.2. The Morgan fingerprint density at radius 2 is 1.82 bits per heavy atom. The van der Waals surface area contributed by atoms with Crippen LogP contribution >= 0.6 is 0 Å². The SMILES string of the molecule is CC(C(=O)NCCC(=O)NCc1ccccc1)N1C(=O)NC2(CCCC2)C1=O. The summed E-state index contributed by atoms with van der Waals surface area (Å²) in [6.45, 7) is 2.09. The molecule has 1 aromatic rings. The largest absolute Gasteiger partial charge is 0.354 e. The van der Waals surface area contributed by atoms with Crippen LogP contribution in [0.15, 0.2) is 30.3 Å². The van der Waals surface area contributed by atoms with Gasteiger partial charge in [-0.3, -0.25) is 14.4 Å². The first-order chi connectivity index (χ1) is 13.4. The van der Waals surface area contributed by atoms with E-state index in [0.717, 1.165) is 23.3 Å². The van der Waals surface area contributed by atoms with E-state index in [4.69, 9.17) is 0 Å². The zero-order valence-electron chi connectivity index (χ0n) is 16.0. The van der Waals surface area contributed by atoms with Crippen molar-refractivity contribution in [2.45, 2.75) is 57.2 Å². The highest BCUT2D eigenvalue weighted by Crippen LogP contribution is 2.35. The van der Waals surface area contributed by atoms with Gasteiger partial charge in [-0.15, -0.1) is 0 Å². The van der Waals surface area contributed by atoms with Gasteiger partial charge in [-0.05, 0) is 25.3 Å². The summed E-state index contributed by atoms with van der Waals surface area (Å²) in [5, 5.41) is 8.18. The molecule has 1 heterocycles. The first kappa shape index (κ1) is 19.9. The zero-order valence-corrected chi connectivity index (χ0v) is 16.0. The summed E-state index contributed by atoms with van der Waals surface area (Å²) in [7, 11) is 0. The molecule has 2 aliphatic rings. The molecule has 3 rings (SSSR count). The van der Waals surface area contributed by atoms with E-state index >= 15 is 0 Å². The summed E-state index contributed by atoms with van der Waals surface area (Å²) in [6.07, 6.45) is 3.13. The van der Waals surface area contributed by atoms with E-state index in [1.165, 1.54) is 6.92 Å². The first-order valence-corrected chi connectivity index (χ1v) is 9.67. The lowest BCUT2D eigenvalue weighted by Crippen LogP contribution is -2.50. The quantitative estimate of drug-likeness (QED) is 0.609. The van der Waals surface area contributed by atoms with Crippen LogP contribution in [0.25, 0.3) is 0 Å². The van der Waals surface area contributed by atoms with Crippen LogP contribution in [0.5, 0.6) is 0 Å². The number of carbonyl (C=O) groups is 4. The van der Waals surface area contributed by atoms with E-state index in [0.29, 0.717) is 19.4 Å². The molecule has 1 saturated heterocycles. The van der Waals surface area contributed by atoms with Crippen molar-refractivity contribution >= 4 is 23.8 Å². The Hall–Kier alpha value is -2.90. The van der Waals surface area contributed by atoms with Crippen LogP contribution in [0.4, 0.5) is 4.79 Å². The van der Waals surface area contributed by atoms with Crippen molar-refractivity contribution in [1.82, 2.24) is 20.9 Å². The van der Waals surface area contributed by atoms with Crippen LogP contribution in [0.1, 0.15) is 44.6 Å². The van der Waals surface area contributed by atoms with Crippen LogP contribution in [0.2, 0.25) is 0 Å². The number of hydrogen-bond acceptors (Lipinski definition) is 4. The second kappa shape index (κ2) is 8.41. The van der Waals surface area contributed by atoms with E-state index in [2.05, 4.69) is 16.0 Å². The Balaban J connectivity index is 1.43. The van der Waals surface area contributed by atoms with Gasteiger partial charge in [0.1, 0.15) is 11.6 Å². The number of nitrogens with one attached hydrogen (secondary N) is 3. The summed E-state index contributed by atoms with van der Waals surface area (Å²) < 4.78 is 0. The zero-order chi connectivity index (χ0) is 20.1. The molecule has 1 atom stereocenters. The van der Waals surface area contributed by atoms with E-state index in [1.807, 2.05) is 30.3 Å². The fraction of sp³-hybridized carbons (Fsp3) is 0.500. The number of hydrogen-bond donors (Lipinski definition) is 3. The Morgan fingerprint density at radius 3 is 2.50 bits per heavy atom. The second-order valence-corrected chi connectivity index (χ2v) is 7.37. The number of carbonyl (C=O) groups excluding carboxylic acids is 4. The molecule has 5 amide bonds. The topological polar surface area (TPSA) is 108 Å². The average molecular weight is 386 g/mol. The molecule has 8 nitrogen and oxygen atoms in total. The normalized spacial score (nSPS) is 18.8. The fourth-order valence-electron chi connectivity index (χ4n) is 3.76. The maximum absolute atomic E-state index is 12.7. The molecular weight excluding hydrogens is 360 g/mol. The predicted molar refractivity (Wildman–Crippen MR) is 102 cm³/mol. The summed E-state index contributed by atoms with van der Waals surface area (Å²) >= 11 is 0. The van der Waals surface area contributed by atoms with Crippen molar-refractivity contribution < 1.29 is 19.2 Å². The van der Waals surface area contributed by atoms with Gasteiger partial charge in [0, 0.05) is 19.5 Å². The number of rotatable bonds is 7. The van der Waals surface area contributed by atoms with Crippen LogP contribution < -0.4 is 16.0 Å². The maximum atomic E-state index is 12.7. The summed E-state index contributed by atoms with van der Waals surface area (Å²) in [4.78, 5) is 50.2. The van der Waals surface area contributed by atoms with Crippen LogP contribution in [-0.4, -0.2) is 46.8 Å². The lowest BCUT2D eigenvalue weighted by molar-refractivity contribution is -0.138. The third-order valence-electron chi connectivity index (χ3n) is 5.40. The predicted octanol–water partition coefficient (Wildman–Crippen LogP) is 1.06. The molecule has 1 saturated carbocycles. The Bertz CT molecular complexity index is 759.